The van der Waals surface area contributed by atoms with Gasteiger partial charge in [-0.15, -0.1) is 0 Å². The number of amides is 1. The largest absolute Gasteiger partial charge is 0.459 e. The SMILES string of the molecule is CC[C@H](C)[C@@H](C(=O)OCc1ccccc1)N(C)C(=O)Cn1ccnc1. The average Bonchev–Trinajstić information content (AvgIpc) is 3.13. The highest BCUT2D eigenvalue weighted by atomic mass is 16.5. The van der Waals surface area contributed by atoms with Gasteiger partial charge < -0.3 is 14.2 Å². The van der Waals surface area contributed by atoms with Crippen molar-refractivity contribution in [3.63, 3.8) is 0 Å². The molecule has 1 aromatic carbocycles. The number of rotatable bonds is 8. The van der Waals surface area contributed by atoms with E-state index < -0.39 is 6.04 Å². The van der Waals surface area contributed by atoms with Gasteiger partial charge >= 0.3 is 5.97 Å². The Morgan fingerprint density at radius 1 is 1.28 bits per heavy atom. The molecule has 2 atom stereocenters. The van der Waals surface area contributed by atoms with Gasteiger partial charge in [0.1, 0.15) is 19.2 Å². The minimum Gasteiger partial charge on any atom is -0.459 e. The van der Waals surface area contributed by atoms with Crippen molar-refractivity contribution in [3.8, 4) is 0 Å². The summed E-state index contributed by atoms with van der Waals surface area (Å²) in [6.45, 7) is 4.30. The number of carbonyl (C=O) groups is 2. The number of ether oxygens (including phenoxy) is 1. The summed E-state index contributed by atoms with van der Waals surface area (Å²) >= 11 is 0. The van der Waals surface area contributed by atoms with Crippen LogP contribution >= 0.6 is 0 Å². The van der Waals surface area contributed by atoms with Gasteiger partial charge in [0.2, 0.25) is 5.91 Å². The van der Waals surface area contributed by atoms with Crippen LogP contribution in [-0.2, 0) is 27.5 Å². The van der Waals surface area contributed by atoms with Gasteiger partial charge in [-0.25, -0.2) is 9.78 Å². The lowest BCUT2D eigenvalue weighted by atomic mass is 9.98. The van der Waals surface area contributed by atoms with Gasteiger partial charge in [0.25, 0.3) is 0 Å². The minimum absolute atomic E-state index is 0.00000982. The van der Waals surface area contributed by atoms with E-state index in [0.29, 0.717) is 0 Å². The monoisotopic (exact) mass is 343 g/mol. The molecule has 0 aliphatic carbocycles. The zero-order chi connectivity index (χ0) is 18.2. The van der Waals surface area contributed by atoms with Crippen molar-refractivity contribution < 1.29 is 14.3 Å². The molecule has 1 amide bonds. The first-order valence-electron chi connectivity index (χ1n) is 8.44. The molecule has 6 heteroatoms. The summed E-state index contributed by atoms with van der Waals surface area (Å²) in [4.78, 5) is 30.6. The van der Waals surface area contributed by atoms with Crippen LogP contribution in [0.4, 0.5) is 0 Å². The standard InChI is InChI=1S/C19H25N3O3/c1-4-15(2)18(19(24)25-13-16-8-6-5-7-9-16)21(3)17(23)12-22-11-10-20-14-22/h5-11,14-15,18H,4,12-13H2,1-3H3/t15-,18-/m0/s1. The molecule has 25 heavy (non-hydrogen) atoms. The predicted molar refractivity (Wildman–Crippen MR) is 94.5 cm³/mol. The summed E-state index contributed by atoms with van der Waals surface area (Å²) in [5.74, 6) is -0.528. The Labute approximate surface area is 148 Å². The van der Waals surface area contributed by atoms with Gasteiger partial charge in [-0.05, 0) is 11.5 Å². The van der Waals surface area contributed by atoms with E-state index in [1.54, 1.807) is 30.3 Å². The number of nitrogens with zero attached hydrogens (tertiary/aromatic N) is 3. The number of esters is 1. The molecule has 0 saturated carbocycles. The lowest BCUT2D eigenvalue weighted by Crippen LogP contribution is -2.48. The van der Waals surface area contributed by atoms with Gasteiger partial charge in [0.15, 0.2) is 0 Å². The molecule has 0 aliphatic rings. The van der Waals surface area contributed by atoms with Gasteiger partial charge in [-0.3, -0.25) is 4.79 Å². The molecule has 134 valence electrons. The molecule has 0 spiro atoms. The number of hydrogen-bond donors (Lipinski definition) is 0. The predicted octanol–water partition coefficient (Wildman–Crippen LogP) is 2.50. The first kappa shape index (κ1) is 18.7. The number of benzene rings is 1. The Morgan fingerprint density at radius 3 is 2.60 bits per heavy atom. The summed E-state index contributed by atoms with van der Waals surface area (Å²) in [7, 11) is 1.65. The van der Waals surface area contributed by atoms with Gasteiger partial charge in [-0.1, -0.05) is 50.6 Å². The van der Waals surface area contributed by atoms with E-state index in [0.717, 1.165) is 12.0 Å². The van der Waals surface area contributed by atoms with Crippen LogP contribution in [0.25, 0.3) is 0 Å². The summed E-state index contributed by atoms with van der Waals surface area (Å²) in [6, 6.07) is 8.91. The van der Waals surface area contributed by atoms with E-state index in [2.05, 4.69) is 4.98 Å². The molecule has 1 aromatic heterocycles. The molecule has 0 N–H and O–H groups in total. The molecule has 0 fully saturated rings. The molecule has 2 aromatic rings. The van der Waals surface area contributed by atoms with E-state index in [1.807, 2.05) is 44.2 Å². The first-order valence-corrected chi connectivity index (χ1v) is 8.44. The lowest BCUT2D eigenvalue weighted by molar-refractivity contribution is -0.157. The highest BCUT2D eigenvalue weighted by Crippen LogP contribution is 2.17. The van der Waals surface area contributed by atoms with Gasteiger partial charge in [-0.2, -0.15) is 0 Å². The van der Waals surface area contributed by atoms with Crippen molar-refractivity contribution >= 4 is 11.9 Å². The van der Waals surface area contributed by atoms with E-state index in [9.17, 15) is 9.59 Å². The van der Waals surface area contributed by atoms with Crippen molar-refractivity contribution in [1.29, 1.82) is 0 Å². The fraction of sp³-hybridized carbons (Fsp3) is 0.421. The molecular formula is C19H25N3O3. The van der Waals surface area contributed by atoms with Crippen LogP contribution in [0.2, 0.25) is 0 Å². The Morgan fingerprint density at radius 2 is 2.00 bits per heavy atom. The lowest BCUT2D eigenvalue weighted by Gasteiger charge is -2.30. The second-order valence-electron chi connectivity index (χ2n) is 6.16. The highest BCUT2D eigenvalue weighted by molar-refractivity contribution is 5.84. The summed E-state index contributed by atoms with van der Waals surface area (Å²) in [5, 5.41) is 0. The van der Waals surface area contributed by atoms with Crippen LogP contribution < -0.4 is 0 Å². The third-order valence-corrected chi connectivity index (χ3v) is 4.34. The molecule has 0 aliphatic heterocycles. The molecule has 0 unspecified atom stereocenters. The maximum atomic E-state index is 12.6. The molecule has 0 saturated heterocycles. The van der Waals surface area contributed by atoms with Crippen LogP contribution in [-0.4, -0.2) is 39.4 Å². The highest BCUT2D eigenvalue weighted by Gasteiger charge is 2.32. The Kier molecular flexibility index (Phi) is 6.74. The molecule has 0 radical (unpaired) electrons. The van der Waals surface area contributed by atoms with Crippen molar-refractivity contribution in [3.05, 3.63) is 54.6 Å². The van der Waals surface area contributed by atoms with E-state index in [-0.39, 0.29) is 30.9 Å². The van der Waals surface area contributed by atoms with Crippen LogP contribution in [0.5, 0.6) is 0 Å². The van der Waals surface area contributed by atoms with E-state index in [1.165, 1.54) is 4.90 Å². The number of hydrogen-bond acceptors (Lipinski definition) is 4. The van der Waals surface area contributed by atoms with Crippen molar-refractivity contribution in [2.45, 2.75) is 39.5 Å². The van der Waals surface area contributed by atoms with Crippen LogP contribution in [0, 0.1) is 5.92 Å². The molecule has 2 rings (SSSR count). The van der Waals surface area contributed by atoms with Crippen molar-refractivity contribution in [1.82, 2.24) is 14.5 Å². The van der Waals surface area contributed by atoms with Crippen molar-refractivity contribution in [2.75, 3.05) is 7.05 Å². The zero-order valence-electron chi connectivity index (χ0n) is 15.0. The Bertz CT molecular complexity index is 670. The number of aromatic nitrogens is 2. The molecule has 0 bridgehead atoms. The molecule has 1 heterocycles. The quantitative estimate of drug-likeness (QED) is 0.691. The third kappa shape index (κ3) is 5.17. The number of carbonyl (C=O) groups excluding carboxylic acids is 2. The maximum Gasteiger partial charge on any atom is 0.329 e. The summed E-state index contributed by atoms with van der Waals surface area (Å²) < 4.78 is 7.15. The average molecular weight is 343 g/mol. The normalized spacial score (nSPS) is 13.1. The third-order valence-electron chi connectivity index (χ3n) is 4.34. The van der Waals surface area contributed by atoms with E-state index in [4.69, 9.17) is 4.74 Å². The van der Waals surface area contributed by atoms with Crippen LogP contribution in [0.1, 0.15) is 25.8 Å². The summed E-state index contributed by atoms with van der Waals surface area (Å²) in [5.41, 5.74) is 0.922. The summed E-state index contributed by atoms with van der Waals surface area (Å²) in [6.07, 6.45) is 5.69. The van der Waals surface area contributed by atoms with Gasteiger partial charge in [0.05, 0.1) is 6.33 Å². The fourth-order valence-electron chi connectivity index (χ4n) is 2.61. The zero-order valence-corrected chi connectivity index (χ0v) is 15.0. The van der Waals surface area contributed by atoms with Gasteiger partial charge in [0, 0.05) is 19.4 Å². The Balaban J connectivity index is 2.03. The number of imidazole rings is 1. The van der Waals surface area contributed by atoms with E-state index >= 15 is 0 Å². The first-order chi connectivity index (χ1) is 12.0. The molecule has 6 nitrogen and oxygen atoms in total. The number of likely N-dealkylation sites (N-methyl/N-ethyl adjacent to an activating group) is 1. The topological polar surface area (TPSA) is 64.4 Å². The maximum absolute atomic E-state index is 12.6. The second kappa shape index (κ2) is 9.01. The minimum atomic E-state index is -0.607. The second-order valence-corrected chi connectivity index (χ2v) is 6.16. The smallest absolute Gasteiger partial charge is 0.329 e. The Hall–Kier alpha value is -2.63. The molecular weight excluding hydrogens is 318 g/mol. The van der Waals surface area contributed by atoms with Crippen molar-refractivity contribution in [2.24, 2.45) is 5.92 Å². The van der Waals surface area contributed by atoms with Crippen LogP contribution in [0.3, 0.4) is 0 Å². The fourth-order valence-corrected chi connectivity index (χ4v) is 2.61. The van der Waals surface area contributed by atoms with Crippen LogP contribution in [0.15, 0.2) is 49.1 Å².